The number of nitrogens with one attached hydrogen (secondary N) is 2. The van der Waals surface area contributed by atoms with Crippen molar-refractivity contribution in [1.82, 2.24) is 10.6 Å². The van der Waals surface area contributed by atoms with Crippen LogP contribution in [0.1, 0.15) is 34.6 Å². The lowest BCUT2D eigenvalue weighted by atomic mass is 10.1. The van der Waals surface area contributed by atoms with E-state index in [4.69, 9.17) is 9.15 Å². The molecule has 0 saturated heterocycles. The second-order valence-corrected chi connectivity index (χ2v) is 5.52. The van der Waals surface area contributed by atoms with Crippen molar-refractivity contribution in [1.29, 1.82) is 0 Å². The number of aryl methyl sites for hydroxylation is 1. The van der Waals surface area contributed by atoms with E-state index in [1.807, 2.05) is 13.0 Å². The monoisotopic (exact) mass is 344 g/mol. The number of furan rings is 1. The van der Waals surface area contributed by atoms with Crippen LogP contribution in [0.4, 0.5) is 0 Å². The molecule has 0 saturated carbocycles. The van der Waals surface area contributed by atoms with Crippen LogP contribution in [0.2, 0.25) is 0 Å². The van der Waals surface area contributed by atoms with Gasteiger partial charge in [0.2, 0.25) is 0 Å². The second kappa shape index (κ2) is 8.68. The van der Waals surface area contributed by atoms with Crippen LogP contribution >= 0.6 is 0 Å². The summed E-state index contributed by atoms with van der Waals surface area (Å²) in [6.07, 6.45) is 1.51. The number of carbonyl (C=O) groups excluding carboxylic acids is 3. The van der Waals surface area contributed by atoms with Crippen molar-refractivity contribution in [3.8, 4) is 0 Å². The molecule has 1 aromatic heterocycles. The van der Waals surface area contributed by atoms with Gasteiger partial charge in [-0.1, -0.05) is 17.7 Å². The number of carbonyl (C=O) groups is 3. The first-order chi connectivity index (χ1) is 12.0. The molecule has 0 spiro atoms. The Morgan fingerprint density at radius 2 is 2.00 bits per heavy atom. The van der Waals surface area contributed by atoms with E-state index in [1.165, 1.54) is 6.26 Å². The molecule has 2 aromatic rings. The van der Waals surface area contributed by atoms with Crippen molar-refractivity contribution < 1.29 is 23.5 Å². The van der Waals surface area contributed by atoms with Gasteiger partial charge in [-0.25, -0.2) is 0 Å². The Labute approximate surface area is 145 Å². The van der Waals surface area contributed by atoms with Crippen molar-refractivity contribution in [3.63, 3.8) is 0 Å². The quantitative estimate of drug-likeness (QED) is 0.746. The topological polar surface area (TPSA) is 97.6 Å². The molecule has 0 aliphatic carbocycles. The van der Waals surface area contributed by atoms with Crippen LogP contribution in [0.25, 0.3) is 0 Å². The lowest BCUT2D eigenvalue weighted by Crippen LogP contribution is -2.34. The van der Waals surface area contributed by atoms with Gasteiger partial charge in [0.15, 0.2) is 6.61 Å². The normalized spacial score (nSPS) is 11.4. The summed E-state index contributed by atoms with van der Waals surface area (Å²) in [5.41, 5.74) is 1.40. The first-order valence-electron chi connectivity index (χ1n) is 7.79. The Kier molecular flexibility index (Phi) is 6.33. The number of hydrogen-bond donors (Lipinski definition) is 2. The van der Waals surface area contributed by atoms with E-state index in [0.29, 0.717) is 11.3 Å². The average Bonchev–Trinajstić information content (AvgIpc) is 3.12. The van der Waals surface area contributed by atoms with Crippen LogP contribution in [0.15, 0.2) is 47.1 Å². The van der Waals surface area contributed by atoms with Gasteiger partial charge in [0, 0.05) is 5.56 Å². The molecule has 0 unspecified atom stereocenters. The van der Waals surface area contributed by atoms with Crippen LogP contribution < -0.4 is 10.6 Å². The molecule has 1 aromatic carbocycles. The molecule has 2 rings (SSSR count). The average molecular weight is 344 g/mol. The third-order valence-corrected chi connectivity index (χ3v) is 3.39. The molecule has 0 aliphatic heterocycles. The molecule has 1 heterocycles. The second-order valence-electron chi connectivity index (χ2n) is 5.52. The zero-order valence-electron chi connectivity index (χ0n) is 14.1. The zero-order valence-corrected chi connectivity index (χ0v) is 14.1. The van der Waals surface area contributed by atoms with Crippen LogP contribution in [0.3, 0.4) is 0 Å². The molecular formula is C18H20N2O5. The maximum Gasteiger partial charge on any atom is 0.325 e. The molecule has 0 aliphatic rings. The van der Waals surface area contributed by atoms with Gasteiger partial charge in [-0.05, 0) is 38.1 Å². The van der Waals surface area contributed by atoms with Crippen molar-refractivity contribution >= 4 is 17.8 Å². The minimum atomic E-state index is -0.693. The van der Waals surface area contributed by atoms with Crippen molar-refractivity contribution in [3.05, 3.63) is 59.5 Å². The molecule has 2 N–H and O–H groups in total. The Bertz CT molecular complexity index is 740. The Balaban J connectivity index is 1.70. The first-order valence-corrected chi connectivity index (χ1v) is 7.79. The fourth-order valence-electron chi connectivity index (χ4n) is 2.13. The van der Waals surface area contributed by atoms with E-state index in [0.717, 1.165) is 5.56 Å². The standard InChI is InChI=1S/C18H20N2O5/c1-12-5-3-6-14(9-12)18(23)19-10-17(22)25-11-16(21)20-13(2)15-7-4-8-24-15/h3-9,13H,10-11H2,1-2H3,(H,19,23)(H,20,21)/t13-/m1/s1. The van der Waals surface area contributed by atoms with Gasteiger partial charge >= 0.3 is 5.97 Å². The Morgan fingerprint density at radius 3 is 2.68 bits per heavy atom. The third kappa shape index (κ3) is 5.80. The summed E-state index contributed by atoms with van der Waals surface area (Å²) in [7, 11) is 0. The van der Waals surface area contributed by atoms with Gasteiger partial charge < -0.3 is 19.8 Å². The predicted molar refractivity (Wildman–Crippen MR) is 89.7 cm³/mol. The van der Waals surface area contributed by atoms with Crippen LogP contribution in [0.5, 0.6) is 0 Å². The van der Waals surface area contributed by atoms with Gasteiger partial charge in [0.05, 0.1) is 12.3 Å². The lowest BCUT2D eigenvalue weighted by Gasteiger charge is -2.11. The van der Waals surface area contributed by atoms with Gasteiger partial charge in [-0.3, -0.25) is 14.4 Å². The fraction of sp³-hybridized carbons (Fsp3) is 0.278. The predicted octanol–water partition coefficient (Wildman–Crippen LogP) is 1.74. The van der Waals surface area contributed by atoms with Crippen LogP contribution in [0, 0.1) is 6.92 Å². The largest absolute Gasteiger partial charge is 0.467 e. The lowest BCUT2D eigenvalue weighted by molar-refractivity contribution is -0.147. The van der Waals surface area contributed by atoms with Gasteiger partial charge in [0.1, 0.15) is 12.3 Å². The highest BCUT2D eigenvalue weighted by Crippen LogP contribution is 2.11. The molecule has 1 atom stereocenters. The summed E-state index contributed by atoms with van der Waals surface area (Å²) < 4.78 is 10.0. The van der Waals surface area contributed by atoms with E-state index < -0.39 is 18.5 Å². The molecule has 2 amide bonds. The molecule has 0 fully saturated rings. The fourth-order valence-corrected chi connectivity index (χ4v) is 2.13. The number of rotatable bonds is 7. The molecular weight excluding hydrogens is 324 g/mol. The number of hydrogen-bond acceptors (Lipinski definition) is 5. The summed E-state index contributed by atoms with van der Waals surface area (Å²) in [6.45, 7) is 2.88. The highest BCUT2D eigenvalue weighted by molar-refractivity contribution is 5.96. The Hall–Kier alpha value is -3.09. The zero-order chi connectivity index (χ0) is 18.2. The van der Waals surface area contributed by atoms with E-state index in [9.17, 15) is 14.4 Å². The van der Waals surface area contributed by atoms with Gasteiger partial charge in [0.25, 0.3) is 11.8 Å². The van der Waals surface area contributed by atoms with E-state index >= 15 is 0 Å². The van der Waals surface area contributed by atoms with Crippen molar-refractivity contribution in [2.45, 2.75) is 19.9 Å². The summed E-state index contributed by atoms with van der Waals surface area (Å²) in [4.78, 5) is 35.3. The summed E-state index contributed by atoms with van der Waals surface area (Å²) in [5, 5.41) is 5.09. The number of ether oxygens (including phenoxy) is 1. The maximum absolute atomic E-state index is 11.9. The van der Waals surface area contributed by atoms with Crippen molar-refractivity contribution in [2.24, 2.45) is 0 Å². The highest BCUT2D eigenvalue weighted by Gasteiger charge is 2.14. The third-order valence-electron chi connectivity index (χ3n) is 3.39. The Morgan fingerprint density at radius 1 is 1.20 bits per heavy atom. The van der Waals surface area contributed by atoms with Crippen molar-refractivity contribution in [2.75, 3.05) is 13.2 Å². The molecule has 7 heteroatoms. The summed E-state index contributed by atoms with van der Waals surface area (Å²) in [5.74, 6) is -0.925. The summed E-state index contributed by atoms with van der Waals surface area (Å²) >= 11 is 0. The molecule has 132 valence electrons. The minimum absolute atomic E-state index is 0.312. The van der Waals surface area contributed by atoms with Crippen LogP contribution in [-0.2, 0) is 14.3 Å². The maximum atomic E-state index is 11.9. The van der Waals surface area contributed by atoms with Gasteiger partial charge in [-0.15, -0.1) is 0 Å². The molecule has 0 bridgehead atoms. The smallest absolute Gasteiger partial charge is 0.325 e. The van der Waals surface area contributed by atoms with Crippen LogP contribution in [-0.4, -0.2) is 30.9 Å². The number of amides is 2. The summed E-state index contributed by atoms with van der Waals surface area (Å²) in [6, 6.07) is 10.1. The van der Waals surface area contributed by atoms with E-state index in [-0.39, 0.29) is 18.5 Å². The molecule has 25 heavy (non-hydrogen) atoms. The first kappa shape index (κ1) is 18.3. The van der Waals surface area contributed by atoms with Gasteiger partial charge in [-0.2, -0.15) is 0 Å². The molecule has 0 radical (unpaired) electrons. The SMILES string of the molecule is Cc1cccc(C(=O)NCC(=O)OCC(=O)N[C@H](C)c2ccco2)c1. The minimum Gasteiger partial charge on any atom is -0.467 e. The van der Waals surface area contributed by atoms with E-state index in [2.05, 4.69) is 10.6 Å². The highest BCUT2D eigenvalue weighted by atomic mass is 16.5. The van der Waals surface area contributed by atoms with E-state index in [1.54, 1.807) is 37.3 Å². The number of benzene rings is 1. The number of esters is 1. The molecule has 7 nitrogen and oxygen atoms in total.